The van der Waals surface area contributed by atoms with E-state index in [0.717, 1.165) is 28.3 Å². The zero-order valence-electron chi connectivity index (χ0n) is 18.3. The minimum absolute atomic E-state index is 0.411. The molecule has 0 unspecified atom stereocenters. The first-order valence-corrected chi connectivity index (χ1v) is 10.5. The maximum Gasteiger partial charge on any atom is 0.142 e. The summed E-state index contributed by atoms with van der Waals surface area (Å²) in [5.41, 5.74) is 2.86. The van der Waals surface area contributed by atoms with E-state index in [1.54, 1.807) is 40.2 Å². The quantitative estimate of drug-likeness (QED) is 0.475. The molecule has 0 radical (unpaired) electrons. The van der Waals surface area contributed by atoms with Crippen molar-refractivity contribution in [3.8, 4) is 47.7 Å². The summed E-state index contributed by atoms with van der Waals surface area (Å²) < 4.78 is 21.8. The van der Waals surface area contributed by atoms with Crippen molar-refractivity contribution in [3.63, 3.8) is 0 Å². The molecule has 2 aromatic rings. The van der Waals surface area contributed by atoms with Crippen molar-refractivity contribution in [1.82, 2.24) is 0 Å². The number of hydrogen-bond acceptors (Lipinski definition) is 6. The molecule has 2 aromatic carbocycles. The summed E-state index contributed by atoms with van der Waals surface area (Å²) in [6, 6.07) is 9.68. The Bertz CT molecular complexity index is 947. The van der Waals surface area contributed by atoms with Crippen molar-refractivity contribution in [1.29, 1.82) is 0 Å². The Morgan fingerprint density at radius 1 is 0.871 bits per heavy atom. The van der Waals surface area contributed by atoms with Crippen LogP contribution in [0.15, 0.2) is 35.7 Å². The van der Waals surface area contributed by atoms with E-state index in [4.69, 9.17) is 31.8 Å². The summed E-state index contributed by atoms with van der Waals surface area (Å²) in [6.45, 7) is 0.822. The van der Waals surface area contributed by atoms with Crippen molar-refractivity contribution < 1.29 is 18.9 Å². The molecule has 0 heterocycles. The fraction of sp³-hybridized carbons (Fsp3) is 0.280. The summed E-state index contributed by atoms with van der Waals surface area (Å²) in [6.07, 6.45) is 13.0. The average Bonchev–Trinajstić information content (AvgIpc) is 2.81. The Balaban J connectivity index is 2.19. The van der Waals surface area contributed by atoms with Gasteiger partial charge in [-0.05, 0) is 29.2 Å². The molecule has 0 fully saturated rings. The highest BCUT2D eigenvalue weighted by Gasteiger charge is 2.12. The van der Waals surface area contributed by atoms with Gasteiger partial charge in [-0.3, -0.25) is 0 Å². The third-order valence-electron chi connectivity index (χ3n) is 4.48. The second kappa shape index (κ2) is 12.4. The fourth-order valence-electron chi connectivity index (χ4n) is 2.98. The summed E-state index contributed by atoms with van der Waals surface area (Å²) >= 11 is 1.65. The van der Waals surface area contributed by atoms with Gasteiger partial charge in [0, 0.05) is 17.9 Å². The average molecular weight is 438 g/mol. The molecule has 0 saturated carbocycles. The largest absolute Gasteiger partial charge is 0.496 e. The molecular weight excluding hydrogens is 410 g/mol. The van der Waals surface area contributed by atoms with Crippen LogP contribution in [0, 0.1) is 24.7 Å². The van der Waals surface area contributed by atoms with Crippen LogP contribution < -0.4 is 23.8 Å². The number of nitrogens with zero attached hydrogens (tertiary/aromatic N) is 1. The molecule has 0 atom stereocenters. The van der Waals surface area contributed by atoms with Crippen molar-refractivity contribution in [2.24, 2.45) is 0 Å². The Morgan fingerprint density at radius 3 is 2.00 bits per heavy atom. The van der Waals surface area contributed by atoms with Gasteiger partial charge in [0.05, 0.1) is 52.8 Å². The van der Waals surface area contributed by atoms with Crippen molar-refractivity contribution in [3.05, 3.63) is 46.9 Å². The second-order valence-corrected chi connectivity index (χ2v) is 7.22. The van der Waals surface area contributed by atoms with Crippen LogP contribution in [-0.2, 0) is 5.75 Å². The van der Waals surface area contributed by atoms with E-state index in [9.17, 15) is 0 Å². The van der Waals surface area contributed by atoms with Crippen LogP contribution in [0.3, 0.4) is 0 Å². The number of thioether (sulfide) groups is 1. The standard InChI is InChI=1S/C25H27NO4S/c1-7-12-26(13-8-2)22-15-19(9-10-23(22)28-4)18-31-14-11-21-24(29-5)16-20(27-3)17-25(21)30-6/h1-2,9-11,14-17H,12-13,18H2,3-6H3/b14-11+. The molecule has 0 amide bonds. The first-order chi connectivity index (χ1) is 15.1. The summed E-state index contributed by atoms with van der Waals surface area (Å²) in [5.74, 6) is 8.83. The Kier molecular flexibility index (Phi) is 9.55. The highest BCUT2D eigenvalue weighted by Crippen LogP contribution is 2.36. The molecule has 2 rings (SSSR count). The van der Waals surface area contributed by atoms with Gasteiger partial charge in [0.2, 0.25) is 0 Å². The van der Waals surface area contributed by atoms with E-state index in [-0.39, 0.29) is 0 Å². The molecule has 0 aliphatic rings. The molecule has 0 aromatic heterocycles. The van der Waals surface area contributed by atoms with Crippen LogP contribution in [0.4, 0.5) is 5.69 Å². The van der Waals surface area contributed by atoms with Gasteiger partial charge in [-0.2, -0.15) is 0 Å². The molecule has 0 aliphatic carbocycles. The molecule has 0 spiro atoms. The fourth-order valence-corrected chi connectivity index (χ4v) is 3.68. The predicted octanol–water partition coefficient (Wildman–Crippen LogP) is 4.70. The Hall–Kier alpha value is -3.35. The molecule has 0 bridgehead atoms. The van der Waals surface area contributed by atoms with Gasteiger partial charge in [0.15, 0.2) is 0 Å². The van der Waals surface area contributed by atoms with Gasteiger partial charge in [0.1, 0.15) is 23.0 Å². The van der Waals surface area contributed by atoms with E-state index in [0.29, 0.717) is 30.3 Å². The maximum absolute atomic E-state index is 5.50. The lowest BCUT2D eigenvalue weighted by Gasteiger charge is -2.22. The van der Waals surface area contributed by atoms with Crippen molar-refractivity contribution in [2.45, 2.75) is 5.75 Å². The topological polar surface area (TPSA) is 40.2 Å². The first kappa shape index (κ1) is 23.9. The lowest BCUT2D eigenvalue weighted by molar-refractivity contribution is 0.374. The number of terminal acetylenes is 2. The van der Waals surface area contributed by atoms with Crippen molar-refractivity contribution >= 4 is 23.5 Å². The van der Waals surface area contributed by atoms with Crippen LogP contribution in [0.2, 0.25) is 0 Å². The third kappa shape index (κ3) is 6.31. The van der Waals surface area contributed by atoms with Crippen LogP contribution in [0.5, 0.6) is 23.0 Å². The molecule has 31 heavy (non-hydrogen) atoms. The lowest BCUT2D eigenvalue weighted by Crippen LogP contribution is -2.24. The molecule has 162 valence electrons. The predicted molar refractivity (Wildman–Crippen MR) is 129 cm³/mol. The summed E-state index contributed by atoms with van der Waals surface area (Å²) in [5, 5.41) is 2.01. The van der Waals surface area contributed by atoms with E-state index in [2.05, 4.69) is 17.9 Å². The van der Waals surface area contributed by atoms with Crippen LogP contribution in [0.1, 0.15) is 11.1 Å². The minimum atomic E-state index is 0.411. The SMILES string of the molecule is C#CCN(CC#C)c1cc(CS/C=C/c2c(OC)cc(OC)cc2OC)ccc1OC. The van der Waals surface area contributed by atoms with E-state index in [1.165, 1.54) is 0 Å². The maximum atomic E-state index is 5.50. The van der Waals surface area contributed by atoms with E-state index >= 15 is 0 Å². The molecule has 5 nitrogen and oxygen atoms in total. The summed E-state index contributed by atoms with van der Waals surface area (Å²) in [4.78, 5) is 1.94. The van der Waals surface area contributed by atoms with Gasteiger partial charge in [-0.1, -0.05) is 17.9 Å². The van der Waals surface area contributed by atoms with Gasteiger partial charge < -0.3 is 23.8 Å². The monoisotopic (exact) mass is 437 g/mol. The third-order valence-corrected chi connectivity index (χ3v) is 5.31. The number of rotatable bonds is 11. The molecule has 6 heteroatoms. The first-order valence-electron chi connectivity index (χ1n) is 9.48. The number of methoxy groups -OCH3 is 4. The highest BCUT2D eigenvalue weighted by molar-refractivity contribution is 8.01. The van der Waals surface area contributed by atoms with Gasteiger partial charge in [-0.15, -0.1) is 24.6 Å². The lowest BCUT2D eigenvalue weighted by atomic mass is 10.1. The van der Waals surface area contributed by atoms with Crippen LogP contribution in [-0.4, -0.2) is 41.5 Å². The normalized spacial score (nSPS) is 10.3. The van der Waals surface area contributed by atoms with Gasteiger partial charge in [0.25, 0.3) is 0 Å². The highest BCUT2D eigenvalue weighted by atomic mass is 32.2. The number of anilines is 1. The Labute approximate surface area is 189 Å². The van der Waals surface area contributed by atoms with Crippen molar-refractivity contribution in [2.75, 3.05) is 46.4 Å². The smallest absolute Gasteiger partial charge is 0.142 e. The van der Waals surface area contributed by atoms with Gasteiger partial charge in [-0.25, -0.2) is 0 Å². The van der Waals surface area contributed by atoms with E-state index in [1.807, 2.05) is 40.6 Å². The number of benzene rings is 2. The number of hydrogen-bond donors (Lipinski definition) is 0. The number of ether oxygens (including phenoxy) is 4. The van der Waals surface area contributed by atoms with E-state index < -0.39 is 0 Å². The zero-order chi connectivity index (χ0) is 22.6. The minimum Gasteiger partial charge on any atom is -0.496 e. The van der Waals surface area contributed by atoms with Gasteiger partial charge >= 0.3 is 0 Å². The van der Waals surface area contributed by atoms with Crippen LogP contribution >= 0.6 is 11.8 Å². The zero-order valence-corrected chi connectivity index (χ0v) is 19.1. The molecule has 0 saturated heterocycles. The Morgan fingerprint density at radius 2 is 1.48 bits per heavy atom. The molecular formula is C25H27NO4S. The molecule has 0 aliphatic heterocycles. The van der Waals surface area contributed by atoms with Crippen LogP contribution in [0.25, 0.3) is 6.08 Å². The summed E-state index contributed by atoms with van der Waals surface area (Å²) in [7, 11) is 6.48. The molecule has 0 N–H and O–H groups in total. The second-order valence-electron chi connectivity index (χ2n) is 6.33.